The normalized spacial score (nSPS) is 21.7. The molecule has 0 aromatic carbocycles. The van der Waals surface area contributed by atoms with E-state index >= 15 is 0 Å². The van der Waals surface area contributed by atoms with Crippen molar-refractivity contribution in [1.82, 2.24) is 5.32 Å². The van der Waals surface area contributed by atoms with E-state index in [0.29, 0.717) is 18.8 Å². The van der Waals surface area contributed by atoms with Crippen molar-refractivity contribution in [1.29, 1.82) is 0 Å². The third-order valence-corrected chi connectivity index (χ3v) is 4.81. The SMILES string of the molecule is CCOC(=O)[C@H]1O[C@@H]1C(=O)N[C@@H](CCSC)C(=O)CCC(C)CC. The van der Waals surface area contributed by atoms with Crippen LogP contribution in [-0.2, 0) is 23.9 Å². The highest BCUT2D eigenvalue weighted by molar-refractivity contribution is 7.98. The van der Waals surface area contributed by atoms with Gasteiger partial charge in [-0.05, 0) is 37.7 Å². The number of carbonyl (C=O) groups excluding carboxylic acids is 3. The van der Waals surface area contributed by atoms with Gasteiger partial charge in [0.25, 0.3) is 5.91 Å². The van der Waals surface area contributed by atoms with E-state index in [4.69, 9.17) is 9.47 Å². The molecule has 1 rings (SSSR count). The quantitative estimate of drug-likeness (QED) is 0.423. The van der Waals surface area contributed by atoms with Crippen molar-refractivity contribution in [3.8, 4) is 0 Å². The van der Waals surface area contributed by atoms with Crippen LogP contribution in [0.25, 0.3) is 0 Å². The van der Waals surface area contributed by atoms with Crippen LogP contribution in [0.5, 0.6) is 0 Å². The molecule has 0 radical (unpaired) electrons. The number of esters is 1. The summed E-state index contributed by atoms with van der Waals surface area (Å²) in [5.41, 5.74) is 0. The molecule has 0 saturated carbocycles. The molecular weight excluding hydrogens is 330 g/mol. The van der Waals surface area contributed by atoms with Crippen molar-refractivity contribution < 1.29 is 23.9 Å². The van der Waals surface area contributed by atoms with Crippen molar-refractivity contribution in [3.05, 3.63) is 0 Å². The molecule has 7 heteroatoms. The minimum Gasteiger partial charge on any atom is -0.464 e. The van der Waals surface area contributed by atoms with E-state index in [0.717, 1.165) is 18.6 Å². The van der Waals surface area contributed by atoms with Crippen molar-refractivity contribution in [3.63, 3.8) is 0 Å². The number of nitrogens with one attached hydrogen (secondary N) is 1. The predicted octanol–water partition coefficient (Wildman–Crippen LogP) is 1.95. The molecule has 24 heavy (non-hydrogen) atoms. The summed E-state index contributed by atoms with van der Waals surface area (Å²) in [6.07, 6.45) is 3.20. The first-order chi connectivity index (χ1) is 11.4. The van der Waals surface area contributed by atoms with Gasteiger partial charge in [0.05, 0.1) is 12.6 Å². The van der Waals surface area contributed by atoms with E-state index < -0.39 is 30.1 Å². The number of ketones is 1. The third-order valence-electron chi connectivity index (χ3n) is 4.17. The van der Waals surface area contributed by atoms with Crippen LogP contribution < -0.4 is 5.32 Å². The van der Waals surface area contributed by atoms with Crippen LogP contribution in [0.3, 0.4) is 0 Å². The molecule has 1 unspecified atom stereocenters. The third kappa shape index (κ3) is 6.81. The zero-order valence-corrected chi connectivity index (χ0v) is 15.8. The monoisotopic (exact) mass is 359 g/mol. The Morgan fingerprint density at radius 1 is 1.21 bits per heavy atom. The Morgan fingerprint density at radius 3 is 2.50 bits per heavy atom. The Hall–Kier alpha value is -1.08. The smallest absolute Gasteiger partial charge is 0.338 e. The second kappa shape index (κ2) is 10.7. The summed E-state index contributed by atoms with van der Waals surface area (Å²) in [4.78, 5) is 36.1. The van der Waals surface area contributed by atoms with Gasteiger partial charge in [0, 0.05) is 6.42 Å². The van der Waals surface area contributed by atoms with Crippen LogP contribution in [0.4, 0.5) is 0 Å². The van der Waals surface area contributed by atoms with Crippen LogP contribution in [-0.4, -0.2) is 54.5 Å². The first-order valence-corrected chi connectivity index (χ1v) is 9.98. The number of hydrogen-bond acceptors (Lipinski definition) is 6. The minimum absolute atomic E-state index is 0.0473. The summed E-state index contributed by atoms with van der Waals surface area (Å²) in [5.74, 6) is 0.390. The second-order valence-electron chi connectivity index (χ2n) is 6.09. The molecule has 4 atom stereocenters. The van der Waals surface area contributed by atoms with Crippen LogP contribution in [0, 0.1) is 5.92 Å². The maximum atomic E-state index is 12.4. The standard InChI is InChI=1S/C17H29NO5S/c1-5-11(3)7-8-13(19)12(9-10-24-4)18-16(20)14-15(23-14)17(21)22-6-2/h11-12,14-15H,5-10H2,1-4H3,(H,18,20)/t11?,12-,14-,15-/m0/s1. The van der Waals surface area contributed by atoms with E-state index in [-0.39, 0.29) is 12.4 Å². The van der Waals surface area contributed by atoms with Crippen molar-refractivity contribution in [2.75, 3.05) is 18.6 Å². The summed E-state index contributed by atoms with van der Waals surface area (Å²) < 4.78 is 9.92. The van der Waals surface area contributed by atoms with Crippen LogP contribution in [0.15, 0.2) is 0 Å². The van der Waals surface area contributed by atoms with Gasteiger partial charge in [0.2, 0.25) is 0 Å². The average molecular weight is 359 g/mol. The fraction of sp³-hybridized carbons (Fsp3) is 0.824. The van der Waals surface area contributed by atoms with Gasteiger partial charge in [-0.1, -0.05) is 20.3 Å². The zero-order chi connectivity index (χ0) is 18.1. The van der Waals surface area contributed by atoms with Gasteiger partial charge >= 0.3 is 5.97 Å². The average Bonchev–Trinajstić information content (AvgIpc) is 3.36. The Labute approximate surface area is 148 Å². The zero-order valence-electron chi connectivity index (χ0n) is 15.0. The first-order valence-electron chi connectivity index (χ1n) is 8.58. The number of hydrogen-bond donors (Lipinski definition) is 1. The topological polar surface area (TPSA) is 85.0 Å². The fourth-order valence-electron chi connectivity index (χ4n) is 2.29. The van der Waals surface area contributed by atoms with Crippen molar-refractivity contribution in [2.45, 2.75) is 64.7 Å². The van der Waals surface area contributed by atoms with Crippen molar-refractivity contribution >= 4 is 29.4 Å². The molecule has 1 heterocycles. The van der Waals surface area contributed by atoms with Crippen LogP contribution in [0.2, 0.25) is 0 Å². The molecule has 1 aliphatic heterocycles. The Bertz CT molecular complexity index is 443. The number of ether oxygens (including phenoxy) is 2. The molecule has 0 spiro atoms. The molecule has 6 nitrogen and oxygen atoms in total. The molecule has 0 aromatic heterocycles. The lowest BCUT2D eigenvalue weighted by Crippen LogP contribution is -2.44. The van der Waals surface area contributed by atoms with Gasteiger partial charge in [0.1, 0.15) is 0 Å². The number of rotatable bonds is 12. The number of carbonyl (C=O) groups is 3. The van der Waals surface area contributed by atoms with Gasteiger partial charge < -0.3 is 14.8 Å². The lowest BCUT2D eigenvalue weighted by molar-refractivity contribution is -0.144. The number of Topliss-reactive ketones (excluding diaryl/α,β-unsaturated/α-hetero) is 1. The number of thioether (sulfide) groups is 1. The van der Waals surface area contributed by atoms with E-state index in [2.05, 4.69) is 19.2 Å². The molecule has 0 aliphatic carbocycles. The van der Waals surface area contributed by atoms with Gasteiger partial charge in [-0.2, -0.15) is 11.8 Å². The first kappa shape index (κ1) is 21.0. The second-order valence-corrected chi connectivity index (χ2v) is 7.08. The molecule has 1 saturated heterocycles. The van der Waals surface area contributed by atoms with Gasteiger partial charge in [-0.15, -0.1) is 0 Å². The highest BCUT2D eigenvalue weighted by Gasteiger charge is 2.52. The lowest BCUT2D eigenvalue weighted by Gasteiger charge is -2.18. The highest BCUT2D eigenvalue weighted by atomic mass is 32.2. The maximum Gasteiger partial charge on any atom is 0.338 e. The van der Waals surface area contributed by atoms with E-state index in [1.165, 1.54) is 0 Å². The lowest BCUT2D eigenvalue weighted by atomic mass is 9.97. The molecule has 1 amide bonds. The maximum absolute atomic E-state index is 12.4. The molecule has 1 fully saturated rings. The fourth-order valence-corrected chi connectivity index (χ4v) is 2.76. The summed E-state index contributed by atoms with van der Waals surface area (Å²) >= 11 is 1.63. The van der Waals surface area contributed by atoms with Gasteiger partial charge in [-0.25, -0.2) is 4.79 Å². The van der Waals surface area contributed by atoms with Crippen LogP contribution >= 0.6 is 11.8 Å². The molecular formula is C17H29NO5S. The Kier molecular flexibility index (Phi) is 9.36. The largest absolute Gasteiger partial charge is 0.464 e. The molecule has 0 aromatic rings. The van der Waals surface area contributed by atoms with Gasteiger partial charge in [0.15, 0.2) is 18.0 Å². The van der Waals surface area contributed by atoms with E-state index in [1.54, 1.807) is 18.7 Å². The Morgan fingerprint density at radius 2 is 1.92 bits per heavy atom. The Balaban J connectivity index is 2.51. The molecule has 1 aliphatic rings. The van der Waals surface area contributed by atoms with E-state index in [9.17, 15) is 14.4 Å². The number of epoxide rings is 1. The molecule has 0 bridgehead atoms. The highest BCUT2D eigenvalue weighted by Crippen LogP contribution is 2.24. The number of amides is 1. The summed E-state index contributed by atoms with van der Waals surface area (Å²) in [6.45, 7) is 6.16. The van der Waals surface area contributed by atoms with Gasteiger partial charge in [-0.3, -0.25) is 9.59 Å². The van der Waals surface area contributed by atoms with Crippen molar-refractivity contribution in [2.24, 2.45) is 5.92 Å². The van der Waals surface area contributed by atoms with Crippen LogP contribution in [0.1, 0.15) is 46.5 Å². The summed E-state index contributed by atoms with van der Waals surface area (Å²) in [7, 11) is 0. The summed E-state index contributed by atoms with van der Waals surface area (Å²) in [6, 6.07) is -0.513. The minimum atomic E-state index is -0.832. The molecule has 138 valence electrons. The van der Waals surface area contributed by atoms with E-state index in [1.807, 2.05) is 6.26 Å². The summed E-state index contributed by atoms with van der Waals surface area (Å²) in [5, 5.41) is 2.75. The predicted molar refractivity (Wildman–Crippen MR) is 93.9 cm³/mol. The molecule has 1 N–H and O–H groups in total.